The van der Waals surface area contributed by atoms with E-state index in [-0.39, 0.29) is 29.4 Å². The second kappa shape index (κ2) is 13.6. The maximum atomic E-state index is 13.5. The molecule has 2 aromatic carbocycles. The smallest absolute Gasteiger partial charge is 0.228 e. The van der Waals surface area contributed by atoms with Crippen LogP contribution in [0.5, 0.6) is 5.75 Å². The molecule has 0 amide bonds. The summed E-state index contributed by atoms with van der Waals surface area (Å²) >= 11 is 7.91. The van der Waals surface area contributed by atoms with Crippen LogP contribution in [-0.2, 0) is 16.9 Å². The lowest BCUT2D eigenvalue weighted by Gasteiger charge is -2.13. The monoisotopic (exact) mass is 638 g/mol. The number of hydrogen-bond acceptors (Lipinski definition) is 9. The molecule has 0 aliphatic heterocycles. The molecule has 1 atom stereocenters. The molecule has 1 unspecified atom stereocenters. The highest BCUT2D eigenvalue weighted by Crippen LogP contribution is 2.32. The van der Waals surface area contributed by atoms with Gasteiger partial charge in [-0.15, -0.1) is 11.3 Å². The van der Waals surface area contributed by atoms with Gasteiger partial charge in [-0.05, 0) is 61.2 Å². The maximum absolute atomic E-state index is 13.5. The van der Waals surface area contributed by atoms with E-state index in [1.165, 1.54) is 29.8 Å². The van der Waals surface area contributed by atoms with Crippen molar-refractivity contribution in [3.8, 4) is 17.1 Å². The molecule has 0 fully saturated rings. The van der Waals surface area contributed by atoms with E-state index in [0.717, 1.165) is 10.4 Å². The number of rotatable bonds is 10. The molecular formula is C30H28ClFN6O3S2. The Bertz CT molecular complexity index is 1910. The van der Waals surface area contributed by atoms with Crippen LogP contribution in [0.3, 0.4) is 0 Å². The summed E-state index contributed by atoms with van der Waals surface area (Å²) in [6, 6.07) is 13.0. The Hall–Kier alpha value is -3.97. The number of thiazole rings is 1. The third-order valence-electron chi connectivity index (χ3n) is 6.33. The number of aromatic nitrogens is 4. The van der Waals surface area contributed by atoms with Crippen LogP contribution in [0.15, 0.2) is 66.4 Å². The molecule has 5 rings (SSSR count). The predicted molar refractivity (Wildman–Crippen MR) is 169 cm³/mol. The number of anilines is 2. The van der Waals surface area contributed by atoms with Crippen LogP contribution in [0.4, 0.5) is 15.9 Å². The number of nitrogens with one attached hydrogen (secondary N) is 2. The average molecular weight is 639 g/mol. The average Bonchev–Trinajstić information content (AvgIpc) is 3.47. The van der Waals surface area contributed by atoms with E-state index in [0.29, 0.717) is 51.2 Å². The van der Waals surface area contributed by atoms with Crippen LogP contribution >= 0.6 is 22.9 Å². The molecule has 0 aliphatic rings. The topological polar surface area (TPSA) is 119 Å². The highest BCUT2D eigenvalue weighted by Gasteiger charge is 2.17. The highest BCUT2D eigenvalue weighted by atomic mass is 35.5. The molecule has 9 nitrogen and oxygen atoms in total. The van der Waals surface area contributed by atoms with Crippen molar-refractivity contribution in [2.45, 2.75) is 39.8 Å². The van der Waals surface area contributed by atoms with Crippen LogP contribution in [0.25, 0.3) is 22.3 Å². The van der Waals surface area contributed by atoms with Gasteiger partial charge < -0.3 is 10.1 Å². The third kappa shape index (κ3) is 7.71. The Morgan fingerprint density at radius 3 is 2.65 bits per heavy atom. The zero-order valence-corrected chi connectivity index (χ0v) is 25.9. The van der Waals surface area contributed by atoms with E-state index >= 15 is 0 Å². The number of hydrogen-bond donors (Lipinski definition) is 2. The standard InChI is InChI=1S/C30H28ClFN6O3S2/c1-17(2)9-28(43(39)40)36-18(3)30-38-26(15-42-30)24-12-22-25(13-33-24)34-16-35-29(22)37-21-7-8-27(23(31)11-21)41-14-19-5-4-6-20(32)10-19/h4-8,10-13,15-18,36H,9,14H2,1-3H3,(H,34,35,37). The first-order valence-corrected chi connectivity index (χ1v) is 15.7. The Balaban J connectivity index is 1.34. The summed E-state index contributed by atoms with van der Waals surface area (Å²) in [4.78, 5) is 18.3. The third-order valence-corrected chi connectivity index (χ3v) is 8.34. The summed E-state index contributed by atoms with van der Waals surface area (Å²) in [7, 11) is -2.32. The first-order valence-electron chi connectivity index (χ1n) is 13.4. The molecule has 5 aromatic rings. The Kier molecular flexibility index (Phi) is 9.61. The van der Waals surface area contributed by atoms with Crippen molar-refractivity contribution in [3.63, 3.8) is 0 Å². The summed E-state index contributed by atoms with van der Waals surface area (Å²) in [5.41, 5.74) is 3.29. The maximum Gasteiger partial charge on any atom is 0.228 e. The van der Waals surface area contributed by atoms with Gasteiger partial charge in [-0.3, -0.25) is 10.3 Å². The molecule has 0 bridgehead atoms. The lowest BCUT2D eigenvalue weighted by molar-refractivity contribution is 0.306. The summed E-state index contributed by atoms with van der Waals surface area (Å²) in [5, 5.41) is 10.1. The Labute approximate surface area is 258 Å². The molecule has 0 spiro atoms. The van der Waals surface area contributed by atoms with Crippen molar-refractivity contribution in [2.24, 2.45) is 5.92 Å². The minimum absolute atomic E-state index is 0.180. The zero-order chi connectivity index (χ0) is 30.5. The Morgan fingerprint density at radius 2 is 1.91 bits per heavy atom. The van der Waals surface area contributed by atoms with E-state index in [1.807, 2.05) is 38.3 Å². The molecule has 0 saturated carbocycles. The van der Waals surface area contributed by atoms with E-state index < -0.39 is 10.3 Å². The van der Waals surface area contributed by atoms with Crippen molar-refractivity contribution in [2.75, 3.05) is 5.32 Å². The van der Waals surface area contributed by atoms with Crippen molar-refractivity contribution in [3.05, 3.63) is 87.8 Å². The zero-order valence-electron chi connectivity index (χ0n) is 23.5. The number of pyridine rings is 1. The predicted octanol–water partition coefficient (Wildman–Crippen LogP) is 6.97. The van der Waals surface area contributed by atoms with Gasteiger partial charge in [0.25, 0.3) is 0 Å². The molecule has 43 heavy (non-hydrogen) atoms. The van der Waals surface area contributed by atoms with Gasteiger partial charge in [-0.1, -0.05) is 37.6 Å². The fourth-order valence-electron chi connectivity index (χ4n) is 4.27. The summed E-state index contributed by atoms with van der Waals surface area (Å²) in [6.07, 6.45) is 3.53. The molecule has 2 N–H and O–H groups in total. The minimum Gasteiger partial charge on any atom is -0.487 e. The van der Waals surface area contributed by atoms with Crippen molar-refractivity contribution >= 4 is 60.6 Å². The lowest BCUT2D eigenvalue weighted by Crippen LogP contribution is -2.28. The highest BCUT2D eigenvalue weighted by molar-refractivity contribution is 7.72. The van der Waals surface area contributed by atoms with E-state index in [4.69, 9.17) is 21.3 Å². The molecule has 3 heterocycles. The van der Waals surface area contributed by atoms with Gasteiger partial charge in [0.1, 0.15) is 40.3 Å². The number of benzene rings is 2. The van der Waals surface area contributed by atoms with Crippen molar-refractivity contribution in [1.82, 2.24) is 25.3 Å². The summed E-state index contributed by atoms with van der Waals surface area (Å²) < 4.78 is 42.6. The SMILES string of the molecule is CC(C)CC(NC(C)c1nc(-c2cc3c(Nc4ccc(OCc5cccc(F)c5)c(Cl)c4)ncnc3cn2)cs1)=S(=O)=O. The second-order valence-electron chi connectivity index (χ2n) is 10.2. The molecular weight excluding hydrogens is 611 g/mol. The van der Waals surface area contributed by atoms with Gasteiger partial charge in [0, 0.05) is 16.5 Å². The number of ether oxygens (including phenoxy) is 1. The van der Waals surface area contributed by atoms with E-state index in [2.05, 4.69) is 25.6 Å². The van der Waals surface area contributed by atoms with Gasteiger partial charge in [0.05, 0.1) is 34.2 Å². The summed E-state index contributed by atoms with van der Waals surface area (Å²) in [5.74, 6) is 0.886. The van der Waals surface area contributed by atoms with Crippen LogP contribution in [0, 0.1) is 11.7 Å². The molecule has 13 heteroatoms. The van der Waals surface area contributed by atoms with Gasteiger partial charge in [-0.2, -0.15) is 8.42 Å². The van der Waals surface area contributed by atoms with Crippen LogP contribution in [0.1, 0.15) is 43.8 Å². The fraction of sp³-hybridized carbons (Fsp3) is 0.233. The van der Waals surface area contributed by atoms with E-state index in [1.54, 1.807) is 30.5 Å². The van der Waals surface area contributed by atoms with E-state index in [9.17, 15) is 12.8 Å². The molecule has 0 saturated heterocycles. The molecule has 0 radical (unpaired) electrons. The quantitative estimate of drug-likeness (QED) is 0.156. The fourth-order valence-corrected chi connectivity index (χ4v) is 6.07. The van der Waals surface area contributed by atoms with Gasteiger partial charge in [0.2, 0.25) is 10.3 Å². The number of nitrogens with zero attached hydrogens (tertiary/aromatic N) is 4. The van der Waals surface area contributed by atoms with Crippen LogP contribution < -0.4 is 15.4 Å². The second-order valence-corrected chi connectivity index (χ2v) is 12.4. The normalized spacial score (nSPS) is 12.0. The Morgan fingerprint density at radius 1 is 1.07 bits per heavy atom. The van der Waals surface area contributed by atoms with Gasteiger partial charge >= 0.3 is 0 Å². The number of halogens is 2. The summed E-state index contributed by atoms with van der Waals surface area (Å²) in [6.45, 7) is 5.99. The van der Waals surface area contributed by atoms with Crippen molar-refractivity contribution < 1.29 is 17.5 Å². The minimum atomic E-state index is -2.32. The van der Waals surface area contributed by atoms with Crippen molar-refractivity contribution in [1.29, 1.82) is 0 Å². The van der Waals surface area contributed by atoms with Crippen LogP contribution in [-0.4, -0.2) is 33.3 Å². The largest absolute Gasteiger partial charge is 0.487 e. The lowest BCUT2D eigenvalue weighted by atomic mass is 10.1. The molecule has 0 aliphatic carbocycles. The first kappa shape index (κ1) is 30.5. The number of fused-ring (bicyclic) bond motifs is 1. The van der Waals surface area contributed by atoms with Gasteiger partial charge in [-0.25, -0.2) is 19.3 Å². The van der Waals surface area contributed by atoms with Crippen LogP contribution in [0.2, 0.25) is 5.02 Å². The van der Waals surface area contributed by atoms with Gasteiger partial charge in [0.15, 0.2) is 0 Å². The molecule has 222 valence electrons. The first-order chi connectivity index (χ1) is 20.7. The molecule has 3 aromatic heterocycles.